The van der Waals surface area contributed by atoms with Crippen LogP contribution in [0.15, 0.2) is 23.8 Å². The first-order chi connectivity index (χ1) is 9.85. The van der Waals surface area contributed by atoms with Crippen LogP contribution in [0.2, 0.25) is 0 Å². The molecule has 0 amide bonds. The molecule has 0 N–H and O–H groups in total. The third kappa shape index (κ3) is 2.09. The number of ether oxygens (including phenoxy) is 1. The molecular formula is C14H16N4OS. The molecule has 2 saturated heterocycles. The second-order valence-electron chi connectivity index (χ2n) is 5.54. The number of nitrogens with zero attached hydrogens (tertiary/aromatic N) is 4. The van der Waals surface area contributed by atoms with E-state index in [2.05, 4.69) is 19.9 Å². The van der Waals surface area contributed by atoms with E-state index in [0.717, 1.165) is 43.0 Å². The summed E-state index contributed by atoms with van der Waals surface area (Å²) in [6, 6.07) is 1.99. The monoisotopic (exact) mass is 288 g/mol. The van der Waals surface area contributed by atoms with Gasteiger partial charge < -0.3 is 9.64 Å². The molecule has 0 aliphatic carbocycles. The van der Waals surface area contributed by atoms with Crippen molar-refractivity contribution >= 4 is 17.2 Å². The lowest BCUT2D eigenvalue weighted by molar-refractivity contribution is -0.000454. The minimum absolute atomic E-state index is 0.463. The molecule has 1 spiro atoms. The lowest BCUT2D eigenvalue weighted by Crippen LogP contribution is -2.58. The van der Waals surface area contributed by atoms with Crippen LogP contribution in [0, 0.1) is 5.41 Å². The number of rotatable bonds is 2. The molecule has 20 heavy (non-hydrogen) atoms. The van der Waals surface area contributed by atoms with Crippen molar-refractivity contribution < 1.29 is 4.74 Å². The van der Waals surface area contributed by atoms with E-state index in [-0.39, 0.29) is 0 Å². The quantitative estimate of drug-likeness (QED) is 0.848. The largest absolute Gasteiger partial charge is 0.381 e. The zero-order valence-electron chi connectivity index (χ0n) is 11.2. The standard InChI is InChI=1S/C14H16N4OS/c1-4-15-12(13-16-5-8-20-13)17-11(1)18-9-14(10-18)2-6-19-7-3-14/h1,4-5,8H,2-3,6-7,9-10H2. The van der Waals surface area contributed by atoms with Crippen LogP contribution in [0.4, 0.5) is 5.82 Å². The van der Waals surface area contributed by atoms with Crippen LogP contribution < -0.4 is 4.90 Å². The third-order valence-electron chi connectivity index (χ3n) is 4.19. The maximum absolute atomic E-state index is 5.46. The number of aromatic nitrogens is 3. The Morgan fingerprint density at radius 1 is 1.15 bits per heavy atom. The SMILES string of the molecule is c1cc(N2CC3(CCOCC3)C2)nc(-c2nccs2)n1. The van der Waals surface area contributed by atoms with Crippen LogP contribution in [0.1, 0.15) is 12.8 Å². The van der Waals surface area contributed by atoms with Gasteiger partial charge in [0.05, 0.1) is 0 Å². The summed E-state index contributed by atoms with van der Waals surface area (Å²) in [5.41, 5.74) is 0.463. The Balaban J connectivity index is 1.51. The smallest absolute Gasteiger partial charge is 0.190 e. The maximum atomic E-state index is 5.46. The normalized spacial score (nSPS) is 20.9. The van der Waals surface area contributed by atoms with Gasteiger partial charge in [-0.3, -0.25) is 0 Å². The van der Waals surface area contributed by atoms with Gasteiger partial charge in [0, 0.05) is 49.5 Å². The van der Waals surface area contributed by atoms with Gasteiger partial charge in [0.25, 0.3) is 0 Å². The third-order valence-corrected chi connectivity index (χ3v) is 4.96. The van der Waals surface area contributed by atoms with Crippen molar-refractivity contribution in [3.05, 3.63) is 23.8 Å². The Labute approximate surface area is 121 Å². The van der Waals surface area contributed by atoms with E-state index >= 15 is 0 Å². The molecule has 2 aromatic rings. The molecule has 4 rings (SSSR count). The van der Waals surface area contributed by atoms with E-state index in [1.54, 1.807) is 17.5 Å². The molecule has 6 heteroatoms. The molecule has 104 valence electrons. The van der Waals surface area contributed by atoms with Gasteiger partial charge in [0.2, 0.25) is 0 Å². The van der Waals surface area contributed by atoms with Crippen molar-refractivity contribution in [2.75, 3.05) is 31.2 Å². The summed E-state index contributed by atoms with van der Waals surface area (Å²) in [5.74, 6) is 1.74. The fraction of sp³-hybridized carbons (Fsp3) is 0.500. The van der Waals surface area contributed by atoms with Crippen LogP contribution in [-0.4, -0.2) is 41.3 Å². The van der Waals surface area contributed by atoms with Crippen molar-refractivity contribution in [2.24, 2.45) is 5.41 Å². The first-order valence-corrected chi connectivity index (χ1v) is 7.78. The average Bonchev–Trinajstić information content (AvgIpc) is 3.00. The van der Waals surface area contributed by atoms with E-state index in [0.29, 0.717) is 5.41 Å². The lowest BCUT2D eigenvalue weighted by atomic mass is 9.73. The van der Waals surface area contributed by atoms with Gasteiger partial charge in [0.15, 0.2) is 10.8 Å². The first kappa shape index (κ1) is 12.2. The molecule has 4 heterocycles. The molecule has 5 nitrogen and oxygen atoms in total. The summed E-state index contributed by atoms with van der Waals surface area (Å²) < 4.78 is 5.46. The Bertz CT molecular complexity index is 587. The van der Waals surface area contributed by atoms with Gasteiger partial charge in [0.1, 0.15) is 5.82 Å². The Morgan fingerprint density at radius 2 is 2.00 bits per heavy atom. The highest BCUT2D eigenvalue weighted by Gasteiger charge is 2.44. The van der Waals surface area contributed by atoms with Crippen LogP contribution in [0.3, 0.4) is 0 Å². The summed E-state index contributed by atoms with van der Waals surface area (Å²) in [5, 5.41) is 2.83. The predicted octanol–water partition coefficient (Wildman–Crippen LogP) is 2.22. The zero-order chi connectivity index (χ0) is 13.4. The molecule has 0 saturated carbocycles. The fourth-order valence-electron chi connectivity index (χ4n) is 3.01. The van der Waals surface area contributed by atoms with Gasteiger partial charge in [-0.1, -0.05) is 0 Å². The molecular weight excluding hydrogens is 272 g/mol. The van der Waals surface area contributed by atoms with Crippen molar-refractivity contribution in [1.82, 2.24) is 15.0 Å². The van der Waals surface area contributed by atoms with Crippen molar-refractivity contribution in [2.45, 2.75) is 12.8 Å². The number of hydrogen-bond acceptors (Lipinski definition) is 6. The maximum Gasteiger partial charge on any atom is 0.190 e. The second kappa shape index (κ2) is 4.79. The van der Waals surface area contributed by atoms with Crippen LogP contribution in [-0.2, 0) is 4.74 Å². The highest BCUT2D eigenvalue weighted by molar-refractivity contribution is 7.12. The fourth-order valence-corrected chi connectivity index (χ4v) is 3.58. The van der Waals surface area contributed by atoms with E-state index in [4.69, 9.17) is 4.74 Å². The molecule has 2 aliphatic rings. The highest BCUT2D eigenvalue weighted by atomic mass is 32.1. The van der Waals surface area contributed by atoms with E-state index in [1.807, 2.05) is 17.6 Å². The molecule has 0 aromatic carbocycles. The van der Waals surface area contributed by atoms with E-state index < -0.39 is 0 Å². The number of thiazole rings is 1. The number of hydrogen-bond donors (Lipinski definition) is 0. The van der Waals surface area contributed by atoms with E-state index in [1.165, 1.54) is 12.8 Å². The molecule has 2 fully saturated rings. The van der Waals surface area contributed by atoms with Gasteiger partial charge >= 0.3 is 0 Å². The first-order valence-electron chi connectivity index (χ1n) is 6.90. The topological polar surface area (TPSA) is 51.1 Å². The summed E-state index contributed by atoms with van der Waals surface area (Å²) in [7, 11) is 0. The van der Waals surface area contributed by atoms with Crippen LogP contribution >= 0.6 is 11.3 Å². The van der Waals surface area contributed by atoms with E-state index in [9.17, 15) is 0 Å². The van der Waals surface area contributed by atoms with Crippen molar-refractivity contribution in [1.29, 1.82) is 0 Å². The van der Waals surface area contributed by atoms with Crippen LogP contribution in [0.25, 0.3) is 10.8 Å². The minimum atomic E-state index is 0.463. The van der Waals surface area contributed by atoms with Crippen LogP contribution in [0.5, 0.6) is 0 Å². The molecule has 0 unspecified atom stereocenters. The lowest BCUT2D eigenvalue weighted by Gasteiger charge is -2.52. The average molecular weight is 288 g/mol. The predicted molar refractivity (Wildman–Crippen MR) is 77.8 cm³/mol. The Hall–Kier alpha value is -1.53. The van der Waals surface area contributed by atoms with Crippen molar-refractivity contribution in [3.8, 4) is 10.8 Å². The number of anilines is 1. The summed E-state index contributed by atoms with van der Waals surface area (Å²) in [4.78, 5) is 15.6. The highest BCUT2D eigenvalue weighted by Crippen LogP contribution is 2.41. The van der Waals surface area contributed by atoms with Gasteiger partial charge in [-0.2, -0.15) is 0 Å². The molecule has 0 bridgehead atoms. The second-order valence-corrected chi connectivity index (χ2v) is 6.44. The van der Waals surface area contributed by atoms with Gasteiger partial charge in [-0.15, -0.1) is 11.3 Å². The minimum Gasteiger partial charge on any atom is -0.381 e. The summed E-state index contributed by atoms with van der Waals surface area (Å²) >= 11 is 1.57. The molecule has 2 aliphatic heterocycles. The van der Waals surface area contributed by atoms with Gasteiger partial charge in [-0.25, -0.2) is 15.0 Å². The van der Waals surface area contributed by atoms with Gasteiger partial charge in [-0.05, 0) is 18.9 Å². The Morgan fingerprint density at radius 3 is 2.75 bits per heavy atom. The van der Waals surface area contributed by atoms with Crippen molar-refractivity contribution in [3.63, 3.8) is 0 Å². The summed E-state index contributed by atoms with van der Waals surface area (Å²) in [6.45, 7) is 3.99. The zero-order valence-corrected chi connectivity index (χ0v) is 12.0. The summed E-state index contributed by atoms with van der Waals surface area (Å²) in [6.07, 6.45) is 5.96. The molecule has 0 atom stereocenters. The molecule has 0 radical (unpaired) electrons. The molecule has 2 aromatic heterocycles. The Kier molecular flexibility index (Phi) is 2.93.